The zero-order chi connectivity index (χ0) is 24.9. The van der Waals surface area contributed by atoms with Crippen molar-refractivity contribution in [2.45, 2.75) is 13.4 Å². The van der Waals surface area contributed by atoms with Crippen LogP contribution in [-0.4, -0.2) is 53.4 Å². The van der Waals surface area contributed by atoms with Crippen molar-refractivity contribution in [2.75, 3.05) is 40.4 Å². The first-order chi connectivity index (χ1) is 16.5. The van der Waals surface area contributed by atoms with Crippen molar-refractivity contribution in [3.05, 3.63) is 65.8 Å². The molecule has 0 saturated heterocycles. The molecule has 0 radical (unpaired) electrons. The number of allylic oxidation sites excluding steroid dienone is 2. The largest absolute Gasteiger partial charge is 0.493 e. The molecule has 0 saturated carbocycles. The molecule has 0 unspecified atom stereocenters. The lowest BCUT2D eigenvalue weighted by atomic mass is 10.1. The number of hydrogen-bond donors (Lipinski definition) is 1. The molecular formula is C25H29NO8. The summed E-state index contributed by atoms with van der Waals surface area (Å²) >= 11 is 0. The summed E-state index contributed by atoms with van der Waals surface area (Å²) in [5.41, 5.74) is 1.37. The number of methoxy groups -OCH3 is 4. The van der Waals surface area contributed by atoms with Crippen molar-refractivity contribution in [2.24, 2.45) is 0 Å². The molecule has 0 fully saturated rings. The molecule has 182 valence electrons. The monoisotopic (exact) mass is 471 g/mol. The summed E-state index contributed by atoms with van der Waals surface area (Å²) < 4.78 is 31.8. The summed E-state index contributed by atoms with van der Waals surface area (Å²) in [7, 11) is 5.76. The molecule has 9 heteroatoms. The number of esters is 1. The maximum atomic E-state index is 12.3. The van der Waals surface area contributed by atoms with E-state index in [0.717, 1.165) is 5.56 Å². The lowest BCUT2D eigenvalue weighted by Crippen LogP contribution is -2.23. The fourth-order valence-corrected chi connectivity index (χ4v) is 2.86. The molecule has 0 spiro atoms. The number of anilines is 1. The van der Waals surface area contributed by atoms with Gasteiger partial charge < -0.3 is 33.7 Å². The van der Waals surface area contributed by atoms with Crippen LogP contribution in [0.4, 0.5) is 5.69 Å². The number of benzene rings is 2. The van der Waals surface area contributed by atoms with E-state index in [0.29, 0.717) is 29.5 Å². The second-order valence-electron chi connectivity index (χ2n) is 6.60. The van der Waals surface area contributed by atoms with Gasteiger partial charge in [0.2, 0.25) is 11.7 Å². The first-order valence-electron chi connectivity index (χ1n) is 10.4. The number of nitrogens with one attached hydrogen (secondary N) is 1. The van der Waals surface area contributed by atoms with Crippen LogP contribution in [-0.2, 0) is 19.0 Å². The molecule has 2 aromatic rings. The maximum absolute atomic E-state index is 12.3. The highest BCUT2D eigenvalue weighted by molar-refractivity contribution is 6.05. The molecule has 0 aliphatic carbocycles. The van der Waals surface area contributed by atoms with Crippen LogP contribution in [0.3, 0.4) is 0 Å². The second-order valence-corrected chi connectivity index (χ2v) is 6.60. The SMILES string of the molecule is CCO[C@H](OC)Oc1c(OC)cc(/C=C/C=C/C(=O)Nc2ccccc2C(=O)OC)cc1OC. The van der Waals surface area contributed by atoms with Gasteiger partial charge in [0, 0.05) is 13.2 Å². The van der Waals surface area contributed by atoms with Gasteiger partial charge in [-0.2, -0.15) is 0 Å². The van der Waals surface area contributed by atoms with Gasteiger partial charge in [0.1, 0.15) is 0 Å². The fraction of sp³-hybridized carbons (Fsp3) is 0.280. The Bertz CT molecular complexity index is 1010. The van der Waals surface area contributed by atoms with Crippen molar-refractivity contribution in [1.82, 2.24) is 0 Å². The number of amides is 1. The fourth-order valence-electron chi connectivity index (χ4n) is 2.86. The summed E-state index contributed by atoms with van der Waals surface area (Å²) in [6.45, 7) is 1.31. The number of hydrogen-bond acceptors (Lipinski definition) is 8. The number of ether oxygens (including phenoxy) is 6. The standard InChI is InChI=1S/C25H29NO8/c1-6-33-25(32-5)34-23-20(29-2)15-17(16-21(23)30-3)11-7-10-14-22(27)26-19-13-9-8-12-18(19)24(28)31-4/h7-16,25H,6H2,1-5H3,(H,26,27)/b11-7+,14-10+/t25-/m0/s1. The third-order valence-corrected chi connectivity index (χ3v) is 4.43. The molecule has 0 heterocycles. The second kappa shape index (κ2) is 13.7. The number of carbonyl (C=O) groups is 2. The minimum Gasteiger partial charge on any atom is -0.493 e. The molecule has 0 aliphatic heterocycles. The number of rotatable bonds is 12. The molecule has 1 amide bonds. The highest BCUT2D eigenvalue weighted by Crippen LogP contribution is 2.39. The van der Waals surface area contributed by atoms with Gasteiger partial charge in [-0.15, -0.1) is 0 Å². The van der Waals surface area contributed by atoms with Crippen molar-refractivity contribution in [3.63, 3.8) is 0 Å². The van der Waals surface area contributed by atoms with Crippen LogP contribution in [0, 0.1) is 0 Å². The first kappa shape index (κ1) is 26.4. The third-order valence-electron chi connectivity index (χ3n) is 4.43. The third kappa shape index (κ3) is 7.36. The van der Waals surface area contributed by atoms with Crippen LogP contribution < -0.4 is 19.5 Å². The molecule has 1 atom stereocenters. The summed E-state index contributed by atoms with van der Waals surface area (Å²) in [4.78, 5) is 24.1. The quantitative estimate of drug-likeness (QED) is 0.214. The summed E-state index contributed by atoms with van der Waals surface area (Å²) in [5, 5.41) is 2.66. The minimum absolute atomic E-state index is 0.267. The molecule has 0 bridgehead atoms. The van der Waals surface area contributed by atoms with Crippen LogP contribution in [0.15, 0.2) is 54.6 Å². The van der Waals surface area contributed by atoms with E-state index in [2.05, 4.69) is 5.32 Å². The highest BCUT2D eigenvalue weighted by atomic mass is 16.8. The Morgan fingerprint density at radius 3 is 2.26 bits per heavy atom. The van der Waals surface area contributed by atoms with Crippen molar-refractivity contribution < 1.29 is 38.0 Å². The molecular weight excluding hydrogens is 442 g/mol. The Morgan fingerprint density at radius 2 is 1.68 bits per heavy atom. The van der Waals surface area contributed by atoms with E-state index in [9.17, 15) is 9.59 Å². The average molecular weight is 472 g/mol. The van der Waals surface area contributed by atoms with Crippen LogP contribution in [0.5, 0.6) is 17.2 Å². The Hall–Kier alpha value is -3.82. The molecule has 2 aromatic carbocycles. The van der Waals surface area contributed by atoms with Gasteiger partial charge in [0.25, 0.3) is 0 Å². The smallest absolute Gasteiger partial charge is 0.339 e. The van der Waals surface area contributed by atoms with E-state index in [1.807, 2.05) is 6.92 Å². The molecule has 0 aliphatic rings. The summed E-state index contributed by atoms with van der Waals surface area (Å²) in [5.74, 6) is 0.236. The van der Waals surface area contributed by atoms with Crippen molar-refractivity contribution in [1.29, 1.82) is 0 Å². The Morgan fingerprint density at radius 1 is 1.00 bits per heavy atom. The highest BCUT2D eigenvalue weighted by Gasteiger charge is 2.19. The summed E-state index contributed by atoms with van der Waals surface area (Å²) in [6.07, 6.45) is 6.34. The maximum Gasteiger partial charge on any atom is 0.339 e. The van der Waals surface area contributed by atoms with Gasteiger partial charge in [-0.25, -0.2) is 4.79 Å². The van der Waals surface area contributed by atoms with Gasteiger partial charge >= 0.3 is 12.4 Å². The van der Waals surface area contributed by atoms with Crippen LogP contribution in [0.25, 0.3) is 6.08 Å². The van der Waals surface area contributed by atoms with Crippen molar-refractivity contribution >= 4 is 23.6 Å². The Kier molecular flexibility index (Phi) is 10.6. The lowest BCUT2D eigenvalue weighted by Gasteiger charge is -2.20. The van der Waals surface area contributed by atoms with Gasteiger partial charge in [0.05, 0.1) is 39.2 Å². The molecule has 9 nitrogen and oxygen atoms in total. The molecule has 34 heavy (non-hydrogen) atoms. The predicted molar refractivity (Wildman–Crippen MR) is 127 cm³/mol. The zero-order valence-corrected chi connectivity index (χ0v) is 19.8. The van der Waals surface area contributed by atoms with E-state index >= 15 is 0 Å². The number of para-hydroxylation sites is 1. The zero-order valence-electron chi connectivity index (χ0n) is 19.8. The minimum atomic E-state index is -0.917. The van der Waals surface area contributed by atoms with Crippen molar-refractivity contribution in [3.8, 4) is 17.2 Å². The summed E-state index contributed by atoms with van der Waals surface area (Å²) in [6, 6.07) is 10.1. The first-order valence-corrected chi connectivity index (χ1v) is 10.4. The molecule has 0 aromatic heterocycles. The van der Waals surface area contributed by atoms with E-state index in [4.69, 9.17) is 28.4 Å². The van der Waals surface area contributed by atoms with Gasteiger partial charge in [-0.1, -0.05) is 30.4 Å². The van der Waals surface area contributed by atoms with Crippen LogP contribution in [0.1, 0.15) is 22.8 Å². The normalized spacial score (nSPS) is 11.9. The topological polar surface area (TPSA) is 102 Å². The average Bonchev–Trinajstić information content (AvgIpc) is 2.86. The predicted octanol–water partition coefficient (Wildman–Crippen LogP) is 4.04. The van der Waals surface area contributed by atoms with E-state index in [1.165, 1.54) is 34.5 Å². The van der Waals surface area contributed by atoms with Gasteiger partial charge in [-0.05, 0) is 36.8 Å². The van der Waals surface area contributed by atoms with Gasteiger partial charge in [0.15, 0.2) is 11.5 Å². The van der Waals surface area contributed by atoms with Crippen LogP contribution in [0.2, 0.25) is 0 Å². The van der Waals surface area contributed by atoms with Gasteiger partial charge in [-0.3, -0.25) is 4.79 Å². The van der Waals surface area contributed by atoms with E-state index in [-0.39, 0.29) is 5.56 Å². The molecule has 2 rings (SSSR count). The van der Waals surface area contributed by atoms with Crippen LogP contribution >= 0.6 is 0 Å². The number of carbonyl (C=O) groups excluding carboxylic acids is 2. The Labute approximate surface area is 198 Å². The molecule has 1 N–H and O–H groups in total. The van der Waals surface area contributed by atoms with E-state index < -0.39 is 18.4 Å². The van der Waals surface area contributed by atoms with E-state index in [1.54, 1.807) is 54.6 Å². The Balaban J connectivity index is 2.13. The lowest BCUT2D eigenvalue weighted by molar-refractivity contribution is -0.231.